The predicted molar refractivity (Wildman–Crippen MR) is 85.9 cm³/mol. The number of halogens is 1. The fraction of sp³-hybridized carbons (Fsp3) is 0.929. The van der Waals surface area contributed by atoms with Crippen molar-refractivity contribution < 1.29 is 13.2 Å². The van der Waals surface area contributed by atoms with Crippen LogP contribution in [0.1, 0.15) is 40.5 Å². The number of alkyl halides is 1. The van der Waals surface area contributed by atoms with Gasteiger partial charge in [0, 0.05) is 30.4 Å². The van der Waals surface area contributed by atoms with Gasteiger partial charge in [0.2, 0.25) is 15.9 Å². The van der Waals surface area contributed by atoms with Gasteiger partial charge in [-0.2, -0.15) is 0 Å². The number of nitrogens with one attached hydrogen (secondary N) is 1. The van der Waals surface area contributed by atoms with E-state index in [9.17, 15) is 13.2 Å². The van der Waals surface area contributed by atoms with E-state index in [1.807, 2.05) is 32.6 Å². The Hall–Kier alpha value is -0.330. The first-order valence-electron chi connectivity index (χ1n) is 7.40. The van der Waals surface area contributed by atoms with E-state index in [-0.39, 0.29) is 29.0 Å². The fourth-order valence-electron chi connectivity index (χ4n) is 2.40. The van der Waals surface area contributed by atoms with Gasteiger partial charge in [0.15, 0.2) is 0 Å². The monoisotopic (exact) mass is 338 g/mol. The van der Waals surface area contributed by atoms with E-state index < -0.39 is 10.0 Å². The minimum atomic E-state index is -3.30. The zero-order chi connectivity index (χ0) is 16.3. The maximum atomic E-state index is 12.2. The van der Waals surface area contributed by atoms with Crippen molar-refractivity contribution in [3.63, 3.8) is 0 Å². The van der Waals surface area contributed by atoms with Crippen molar-refractivity contribution in [3.8, 4) is 0 Å². The number of sulfonamides is 1. The van der Waals surface area contributed by atoms with E-state index in [1.54, 1.807) is 0 Å². The van der Waals surface area contributed by atoms with E-state index in [0.29, 0.717) is 31.8 Å². The largest absolute Gasteiger partial charge is 0.342 e. The number of hydrogen-bond donors (Lipinski definition) is 1. The topological polar surface area (TPSA) is 66.5 Å². The van der Waals surface area contributed by atoms with Crippen molar-refractivity contribution >= 4 is 27.5 Å². The van der Waals surface area contributed by atoms with Crippen LogP contribution in [0.2, 0.25) is 0 Å². The van der Waals surface area contributed by atoms with Gasteiger partial charge >= 0.3 is 0 Å². The van der Waals surface area contributed by atoms with Crippen molar-refractivity contribution in [2.75, 3.05) is 24.7 Å². The lowest BCUT2D eigenvalue weighted by atomic mass is 9.93. The molecule has 0 aromatic heterocycles. The highest BCUT2D eigenvalue weighted by Gasteiger charge is 2.31. The van der Waals surface area contributed by atoms with Crippen molar-refractivity contribution in [1.29, 1.82) is 0 Å². The first-order valence-corrected chi connectivity index (χ1v) is 9.59. The van der Waals surface area contributed by atoms with Gasteiger partial charge < -0.3 is 4.90 Å². The average Bonchev–Trinajstić information content (AvgIpc) is 2.36. The molecule has 1 heterocycles. The van der Waals surface area contributed by atoms with Crippen LogP contribution in [0, 0.1) is 11.3 Å². The molecule has 1 unspecified atom stereocenters. The Morgan fingerprint density at radius 1 is 1.33 bits per heavy atom. The molecule has 1 amide bonds. The number of carbonyl (C=O) groups excluding carboxylic acids is 1. The highest BCUT2D eigenvalue weighted by molar-refractivity contribution is 7.89. The van der Waals surface area contributed by atoms with E-state index in [4.69, 9.17) is 11.6 Å². The molecule has 1 N–H and O–H groups in total. The van der Waals surface area contributed by atoms with Crippen LogP contribution < -0.4 is 4.72 Å². The molecule has 1 aliphatic rings. The van der Waals surface area contributed by atoms with Gasteiger partial charge in [-0.15, -0.1) is 11.6 Å². The lowest BCUT2D eigenvalue weighted by molar-refractivity contribution is -0.140. The Morgan fingerprint density at radius 3 is 2.29 bits per heavy atom. The highest BCUT2D eigenvalue weighted by Crippen LogP contribution is 2.21. The molecular formula is C14H27ClN2O3S. The van der Waals surface area contributed by atoms with Crippen LogP contribution in [0.25, 0.3) is 0 Å². The summed E-state index contributed by atoms with van der Waals surface area (Å²) in [6.07, 6.45) is 1.33. The Morgan fingerprint density at radius 2 is 1.86 bits per heavy atom. The van der Waals surface area contributed by atoms with E-state index >= 15 is 0 Å². The molecule has 0 aromatic carbocycles. The molecule has 1 atom stereocenters. The number of likely N-dealkylation sites (tertiary alicyclic amines) is 1. The van der Waals surface area contributed by atoms with Gasteiger partial charge in [0.25, 0.3) is 0 Å². The predicted octanol–water partition coefficient (Wildman–Crippen LogP) is 1.82. The maximum absolute atomic E-state index is 12.2. The molecular weight excluding hydrogens is 312 g/mol. The zero-order valence-electron chi connectivity index (χ0n) is 13.4. The second-order valence-electron chi connectivity index (χ2n) is 6.98. The van der Waals surface area contributed by atoms with Gasteiger partial charge in [-0.25, -0.2) is 13.1 Å². The maximum Gasteiger partial charge on any atom is 0.227 e. The molecule has 124 valence electrons. The summed E-state index contributed by atoms with van der Waals surface area (Å²) in [5.41, 5.74) is -0.387. The van der Waals surface area contributed by atoms with Crippen molar-refractivity contribution in [2.24, 2.45) is 11.3 Å². The van der Waals surface area contributed by atoms with Crippen molar-refractivity contribution in [1.82, 2.24) is 9.62 Å². The Bertz CT molecular complexity index is 451. The van der Waals surface area contributed by atoms with Crippen LogP contribution in [0.5, 0.6) is 0 Å². The SMILES string of the molecule is CC(CCl)CS(=O)(=O)NC1CCN(C(=O)C(C)(C)C)CC1. The minimum Gasteiger partial charge on any atom is -0.342 e. The Labute approximate surface area is 133 Å². The van der Waals surface area contributed by atoms with Gasteiger partial charge in [0.1, 0.15) is 0 Å². The van der Waals surface area contributed by atoms with Crippen molar-refractivity contribution in [2.45, 2.75) is 46.6 Å². The molecule has 0 aromatic rings. The van der Waals surface area contributed by atoms with Crippen molar-refractivity contribution in [3.05, 3.63) is 0 Å². The number of carbonyl (C=O) groups is 1. The normalized spacial score (nSPS) is 19.6. The highest BCUT2D eigenvalue weighted by atomic mass is 35.5. The molecule has 5 nitrogen and oxygen atoms in total. The number of rotatable bonds is 5. The fourth-order valence-corrected chi connectivity index (χ4v) is 4.34. The quantitative estimate of drug-likeness (QED) is 0.777. The van der Waals surface area contributed by atoms with Crippen LogP contribution in [-0.4, -0.2) is 50.0 Å². The molecule has 7 heteroatoms. The number of piperidine rings is 1. The number of hydrogen-bond acceptors (Lipinski definition) is 3. The Balaban J connectivity index is 2.49. The summed E-state index contributed by atoms with van der Waals surface area (Å²) in [6, 6.07) is -0.0819. The van der Waals surface area contributed by atoms with Crippen LogP contribution >= 0.6 is 11.6 Å². The Kier molecular flexibility index (Phi) is 6.50. The molecule has 1 fully saturated rings. The first-order chi connectivity index (χ1) is 9.55. The average molecular weight is 339 g/mol. The molecule has 0 radical (unpaired) electrons. The number of nitrogens with zero attached hydrogens (tertiary/aromatic N) is 1. The van der Waals surface area contributed by atoms with E-state index in [0.717, 1.165) is 0 Å². The van der Waals surface area contributed by atoms with Crippen LogP contribution in [-0.2, 0) is 14.8 Å². The summed E-state index contributed by atoms with van der Waals surface area (Å²) in [4.78, 5) is 14.0. The summed E-state index contributed by atoms with van der Waals surface area (Å²) in [7, 11) is -3.30. The lowest BCUT2D eigenvalue weighted by Crippen LogP contribution is -2.49. The molecule has 1 aliphatic heterocycles. The summed E-state index contributed by atoms with van der Waals surface area (Å²) in [6.45, 7) is 8.73. The molecule has 21 heavy (non-hydrogen) atoms. The lowest BCUT2D eigenvalue weighted by Gasteiger charge is -2.35. The summed E-state index contributed by atoms with van der Waals surface area (Å²) in [5, 5.41) is 0. The summed E-state index contributed by atoms with van der Waals surface area (Å²) < 4.78 is 26.7. The number of amides is 1. The molecule has 0 bridgehead atoms. The molecule has 1 saturated heterocycles. The van der Waals surface area contributed by atoms with E-state index in [2.05, 4.69) is 4.72 Å². The van der Waals surface area contributed by atoms with Crippen LogP contribution in [0.15, 0.2) is 0 Å². The van der Waals surface area contributed by atoms with E-state index in [1.165, 1.54) is 0 Å². The molecule has 0 spiro atoms. The van der Waals surface area contributed by atoms with Crippen LogP contribution in [0.4, 0.5) is 0 Å². The smallest absolute Gasteiger partial charge is 0.227 e. The third-order valence-corrected chi connectivity index (χ3v) is 5.76. The summed E-state index contributed by atoms with van der Waals surface area (Å²) in [5.74, 6) is 0.447. The molecule has 0 aliphatic carbocycles. The second kappa shape index (κ2) is 7.29. The summed E-state index contributed by atoms with van der Waals surface area (Å²) >= 11 is 5.66. The minimum absolute atomic E-state index is 0.0532. The van der Waals surface area contributed by atoms with Crippen LogP contribution in [0.3, 0.4) is 0 Å². The van der Waals surface area contributed by atoms with Gasteiger partial charge in [-0.1, -0.05) is 27.7 Å². The van der Waals surface area contributed by atoms with Gasteiger partial charge in [-0.05, 0) is 18.8 Å². The second-order valence-corrected chi connectivity index (χ2v) is 9.08. The van der Waals surface area contributed by atoms with Gasteiger partial charge in [0.05, 0.1) is 5.75 Å². The zero-order valence-corrected chi connectivity index (χ0v) is 14.9. The standard InChI is InChI=1S/C14H27ClN2O3S/c1-11(9-15)10-21(19,20)16-12-5-7-17(8-6-12)13(18)14(2,3)4/h11-12,16H,5-10H2,1-4H3. The third kappa shape index (κ3) is 6.12. The third-order valence-electron chi connectivity index (χ3n) is 3.54. The first kappa shape index (κ1) is 18.7. The molecule has 1 rings (SSSR count). The van der Waals surface area contributed by atoms with Gasteiger partial charge in [-0.3, -0.25) is 4.79 Å². The molecule has 0 saturated carbocycles.